The summed E-state index contributed by atoms with van der Waals surface area (Å²) < 4.78 is 0. The van der Waals surface area contributed by atoms with E-state index in [1.807, 2.05) is 11.9 Å². The summed E-state index contributed by atoms with van der Waals surface area (Å²) in [6.45, 7) is 6.17. The molecule has 0 aliphatic carbocycles. The number of thiophene rings is 1. The lowest BCUT2D eigenvalue weighted by molar-refractivity contribution is -0.148. The topological polar surface area (TPSA) is 40.5 Å². The van der Waals surface area contributed by atoms with E-state index in [-0.39, 0.29) is 0 Å². The van der Waals surface area contributed by atoms with E-state index in [1.165, 1.54) is 9.75 Å². The first-order chi connectivity index (χ1) is 6.84. The minimum atomic E-state index is -0.822. The highest BCUT2D eigenvalue weighted by Gasteiger charge is 2.31. The molecule has 3 nitrogen and oxygen atoms in total. The van der Waals surface area contributed by atoms with Gasteiger partial charge in [-0.25, -0.2) is 0 Å². The number of rotatable bonds is 4. The van der Waals surface area contributed by atoms with Gasteiger partial charge in [0.15, 0.2) is 0 Å². The normalized spacial score (nSPS) is 12.1. The van der Waals surface area contributed by atoms with Gasteiger partial charge in [-0.2, -0.15) is 0 Å². The Balaban J connectivity index is 2.71. The van der Waals surface area contributed by atoms with Crippen LogP contribution < -0.4 is 0 Å². The number of nitrogens with zero attached hydrogens (tertiary/aromatic N) is 1. The Morgan fingerprint density at radius 1 is 1.53 bits per heavy atom. The van der Waals surface area contributed by atoms with Gasteiger partial charge in [-0.05, 0) is 40.0 Å². The van der Waals surface area contributed by atoms with Crippen LogP contribution in [0.1, 0.15) is 23.6 Å². The molecule has 0 spiro atoms. The molecule has 84 valence electrons. The number of aryl methyl sites for hydroxylation is 1. The van der Waals surface area contributed by atoms with Gasteiger partial charge in [-0.1, -0.05) is 0 Å². The third-order valence-corrected chi connectivity index (χ3v) is 3.65. The van der Waals surface area contributed by atoms with Gasteiger partial charge < -0.3 is 5.11 Å². The fourth-order valence-corrected chi connectivity index (χ4v) is 2.11. The first kappa shape index (κ1) is 12.2. The molecule has 0 bridgehead atoms. The van der Waals surface area contributed by atoms with Gasteiger partial charge >= 0.3 is 5.97 Å². The monoisotopic (exact) mass is 227 g/mol. The molecule has 0 saturated heterocycles. The average molecular weight is 227 g/mol. The molecule has 0 aliphatic rings. The summed E-state index contributed by atoms with van der Waals surface area (Å²) >= 11 is 1.71. The Bertz CT molecular complexity index is 357. The van der Waals surface area contributed by atoms with E-state index in [0.29, 0.717) is 6.54 Å². The molecule has 1 heterocycles. The summed E-state index contributed by atoms with van der Waals surface area (Å²) in [5, 5.41) is 9.06. The lowest BCUT2D eigenvalue weighted by Gasteiger charge is -2.30. The first-order valence-corrected chi connectivity index (χ1v) is 5.65. The van der Waals surface area contributed by atoms with E-state index in [0.717, 1.165) is 0 Å². The van der Waals surface area contributed by atoms with Crippen LogP contribution in [0.4, 0.5) is 0 Å². The van der Waals surface area contributed by atoms with E-state index in [9.17, 15) is 4.79 Å². The van der Waals surface area contributed by atoms with Crippen LogP contribution in [-0.4, -0.2) is 28.6 Å². The molecule has 0 fully saturated rings. The van der Waals surface area contributed by atoms with Crippen LogP contribution in [0.25, 0.3) is 0 Å². The molecule has 15 heavy (non-hydrogen) atoms. The van der Waals surface area contributed by atoms with Crippen molar-refractivity contribution in [3.05, 3.63) is 21.9 Å². The zero-order chi connectivity index (χ0) is 11.6. The molecular weight excluding hydrogens is 210 g/mol. The maximum absolute atomic E-state index is 11.0. The molecule has 4 heteroatoms. The van der Waals surface area contributed by atoms with Crippen LogP contribution in [0.5, 0.6) is 0 Å². The molecule has 0 aliphatic heterocycles. The second-order valence-corrected chi connectivity index (χ2v) is 5.61. The number of likely N-dealkylation sites (N-methyl/N-ethyl adjacent to an activating group) is 1. The quantitative estimate of drug-likeness (QED) is 0.858. The van der Waals surface area contributed by atoms with Crippen molar-refractivity contribution in [1.29, 1.82) is 0 Å². The number of hydrogen-bond acceptors (Lipinski definition) is 3. The van der Waals surface area contributed by atoms with E-state index in [4.69, 9.17) is 5.11 Å². The van der Waals surface area contributed by atoms with Crippen molar-refractivity contribution >= 4 is 17.3 Å². The van der Waals surface area contributed by atoms with Crippen molar-refractivity contribution < 1.29 is 9.90 Å². The molecule has 0 saturated carbocycles. The van der Waals surface area contributed by atoms with Gasteiger partial charge in [0.25, 0.3) is 0 Å². The van der Waals surface area contributed by atoms with Crippen molar-refractivity contribution in [2.75, 3.05) is 7.05 Å². The van der Waals surface area contributed by atoms with Crippen molar-refractivity contribution in [3.8, 4) is 0 Å². The van der Waals surface area contributed by atoms with E-state index in [1.54, 1.807) is 25.2 Å². The van der Waals surface area contributed by atoms with Crippen molar-refractivity contribution in [2.24, 2.45) is 0 Å². The van der Waals surface area contributed by atoms with Gasteiger partial charge in [-0.3, -0.25) is 9.69 Å². The van der Waals surface area contributed by atoms with Crippen molar-refractivity contribution in [3.63, 3.8) is 0 Å². The maximum atomic E-state index is 11.0. The number of hydrogen-bond donors (Lipinski definition) is 1. The molecule has 0 amide bonds. The standard InChI is InChI=1S/C11H17NO2S/c1-8-5-6-9(15-8)7-12(4)11(2,3)10(13)14/h5-6H,7H2,1-4H3,(H,13,14). The molecule has 1 N–H and O–H groups in total. The second kappa shape index (κ2) is 4.33. The maximum Gasteiger partial charge on any atom is 0.323 e. The number of carbonyl (C=O) groups is 1. The van der Waals surface area contributed by atoms with Crippen LogP contribution in [-0.2, 0) is 11.3 Å². The van der Waals surface area contributed by atoms with Crippen molar-refractivity contribution in [2.45, 2.75) is 32.9 Å². The molecular formula is C11H17NO2S. The fourth-order valence-electron chi connectivity index (χ4n) is 1.16. The van der Waals surface area contributed by atoms with Crippen LogP contribution in [0.15, 0.2) is 12.1 Å². The van der Waals surface area contributed by atoms with Crippen LogP contribution >= 0.6 is 11.3 Å². The molecule has 1 aromatic rings. The van der Waals surface area contributed by atoms with Crippen LogP contribution in [0, 0.1) is 6.92 Å². The Morgan fingerprint density at radius 3 is 2.53 bits per heavy atom. The second-order valence-electron chi connectivity index (χ2n) is 4.23. The Hall–Kier alpha value is -0.870. The minimum Gasteiger partial charge on any atom is -0.480 e. The smallest absolute Gasteiger partial charge is 0.323 e. The van der Waals surface area contributed by atoms with Gasteiger partial charge in [0.2, 0.25) is 0 Å². The van der Waals surface area contributed by atoms with Crippen LogP contribution in [0.3, 0.4) is 0 Å². The van der Waals surface area contributed by atoms with Gasteiger partial charge in [0.05, 0.1) is 0 Å². The summed E-state index contributed by atoms with van der Waals surface area (Å²) in [4.78, 5) is 15.3. The van der Waals surface area contributed by atoms with Crippen LogP contribution in [0.2, 0.25) is 0 Å². The Kier molecular flexibility index (Phi) is 3.52. The number of carboxylic acid groups (broad SMARTS) is 1. The third-order valence-electron chi connectivity index (χ3n) is 2.67. The van der Waals surface area contributed by atoms with E-state index < -0.39 is 11.5 Å². The molecule has 0 unspecified atom stereocenters. The largest absolute Gasteiger partial charge is 0.480 e. The molecule has 0 radical (unpaired) electrons. The zero-order valence-corrected chi connectivity index (χ0v) is 10.4. The summed E-state index contributed by atoms with van der Waals surface area (Å²) in [6, 6.07) is 4.11. The van der Waals surface area contributed by atoms with Crippen molar-refractivity contribution in [1.82, 2.24) is 4.90 Å². The molecule has 1 aromatic heterocycles. The summed E-state index contributed by atoms with van der Waals surface area (Å²) in [7, 11) is 1.84. The number of carboxylic acids is 1. The number of aliphatic carboxylic acids is 1. The summed E-state index contributed by atoms with van der Waals surface area (Å²) in [5.74, 6) is -0.793. The molecule has 1 rings (SSSR count). The van der Waals surface area contributed by atoms with Gasteiger partial charge in [0, 0.05) is 16.3 Å². The van der Waals surface area contributed by atoms with Gasteiger partial charge in [0.1, 0.15) is 5.54 Å². The summed E-state index contributed by atoms with van der Waals surface area (Å²) in [6.07, 6.45) is 0. The lowest BCUT2D eigenvalue weighted by Crippen LogP contribution is -2.47. The molecule has 0 atom stereocenters. The lowest BCUT2D eigenvalue weighted by atomic mass is 10.0. The van der Waals surface area contributed by atoms with Gasteiger partial charge in [-0.15, -0.1) is 11.3 Å². The predicted molar refractivity (Wildman–Crippen MR) is 62.2 cm³/mol. The highest BCUT2D eigenvalue weighted by atomic mass is 32.1. The van der Waals surface area contributed by atoms with E-state index in [2.05, 4.69) is 19.1 Å². The average Bonchev–Trinajstić information content (AvgIpc) is 2.50. The highest BCUT2D eigenvalue weighted by molar-refractivity contribution is 7.11. The Labute approximate surface area is 94.3 Å². The molecule has 0 aromatic carbocycles. The fraction of sp³-hybridized carbons (Fsp3) is 0.545. The third kappa shape index (κ3) is 2.79. The summed E-state index contributed by atoms with van der Waals surface area (Å²) in [5.41, 5.74) is -0.822. The highest BCUT2D eigenvalue weighted by Crippen LogP contribution is 2.21. The Morgan fingerprint density at radius 2 is 2.13 bits per heavy atom. The minimum absolute atomic E-state index is 0.678. The zero-order valence-electron chi connectivity index (χ0n) is 9.57. The SMILES string of the molecule is Cc1ccc(CN(C)C(C)(C)C(=O)O)s1. The first-order valence-electron chi connectivity index (χ1n) is 4.84. The van der Waals surface area contributed by atoms with E-state index >= 15 is 0 Å². The predicted octanol–water partition coefficient (Wildman–Crippen LogP) is 2.35.